The molecule has 1 aliphatic rings. The van der Waals surface area contributed by atoms with Gasteiger partial charge in [0.1, 0.15) is 5.69 Å². The Bertz CT molecular complexity index is 572. The first-order valence-corrected chi connectivity index (χ1v) is 5.34. The fraction of sp³-hybridized carbons (Fsp3) is 0.0769. The van der Waals surface area contributed by atoms with Crippen LogP contribution in [0.25, 0.3) is 11.3 Å². The number of hydrogen-bond donors (Lipinski definition) is 0. The van der Waals surface area contributed by atoms with Gasteiger partial charge in [0.25, 0.3) is 5.91 Å². The maximum Gasteiger partial charge on any atom is 0.252 e. The van der Waals surface area contributed by atoms with Crippen molar-refractivity contribution in [2.24, 2.45) is 5.10 Å². The SMILES string of the molecule is O=C1CC=NN1c1ccoc1-c1ccccc1. The highest BCUT2D eigenvalue weighted by Crippen LogP contribution is 2.33. The first-order valence-electron chi connectivity index (χ1n) is 5.34. The molecule has 0 unspecified atom stereocenters. The Labute approximate surface area is 98.2 Å². The van der Waals surface area contributed by atoms with Gasteiger partial charge in [0, 0.05) is 17.8 Å². The number of nitrogens with zero attached hydrogens (tertiary/aromatic N) is 2. The number of furan rings is 1. The molecule has 1 aromatic carbocycles. The van der Waals surface area contributed by atoms with E-state index >= 15 is 0 Å². The number of carbonyl (C=O) groups excluding carboxylic acids is 1. The molecule has 0 saturated carbocycles. The number of carbonyl (C=O) groups is 1. The molecule has 0 fully saturated rings. The van der Waals surface area contributed by atoms with Crippen LogP contribution in [0.15, 0.2) is 52.2 Å². The summed E-state index contributed by atoms with van der Waals surface area (Å²) in [6.07, 6.45) is 3.52. The van der Waals surface area contributed by atoms with Gasteiger partial charge in [0.05, 0.1) is 12.7 Å². The predicted molar refractivity (Wildman–Crippen MR) is 64.7 cm³/mol. The van der Waals surface area contributed by atoms with Crippen molar-refractivity contribution in [1.82, 2.24) is 0 Å². The van der Waals surface area contributed by atoms with Crippen LogP contribution in [0.1, 0.15) is 6.42 Å². The van der Waals surface area contributed by atoms with Crippen molar-refractivity contribution < 1.29 is 9.21 Å². The van der Waals surface area contributed by atoms with E-state index in [4.69, 9.17) is 4.42 Å². The third-order valence-electron chi connectivity index (χ3n) is 2.61. The van der Waals surface area contributed by atoms with E-state index in [-0.39, 0.29) is 5.91 Å². The molecule has 1 aromatic heterocycles. The number of rotatable bonds is 2. The van der Waals surface area contributed by atoms with Crippen molar-refractivity contribution in [3.05, 3.63) is 42.7 Å². The fourth-order valence-electron chi connectivity index (χ4n) is 1.82. The molecule has 0 aliphatic carbocycles. The third-order valence-corrected chi connectivity index (χ3v) is 2.61. The molecule has 17 heavy (non-hydrogen) atoms. The Morgan fingerprint density at radius 1 is 1.18 bits per heavy atom. The zero-order chi connectivity index (χ0) is 11.7. The van der Waals surface area contributed by atoms with E-state index in [0.29, 0.717) is 17.9 Å². The van der Waals surface area contributed by atoms with Gasteiger partial charge < -0.3 is 4.42 Å². The topological polar surface area (TPSA) is 45.8 Å². The summed E-state index contributed by atoms with van der Waals surface area (Å²) < 4.78 is 5.44. The largest absolute Gasteiger partial charge is 0.462 e. The molecule has 0 atom stereocenters. The van der Waals surface area contributed by atoms with E-state index in [0.717, 1.165) is 5.56 Å². The normalized spacial score (nSPS) is 14.6. The summed E-state index contributed by atoms with van der Waals surface area (Å²) in [6.45, 7) is 0. The maximum atomic E-state index is 11.6. The minimum absolute atomic E-state index is 0.0384. The summed E-state index contributed by atoms with van der Waals surface area (Å²) in [5, 5.41) is 5.42. The standard InChI is InChI=1S/C13H10N2O2/c16-12-6-8-14-15(12)11-7-9-17-13(11)10-4-2-1-3-5-10/h1-5,7-9H,6H2. The van der Waals surface area contributed by atoms with Crippen LogP contribution in [0, 0.1) is 0 Å². The van der Waals surface area contributed by atoms with Gasteiger partial charge in [-0.25, -0.2) is 0 Å². The summed E-state index contributed by atoms with van der Waals surface area (Å²) in [7, 11) is 0. The Hall–Kier alpha value is -2.36. The van der Waals surface area contributed by atoms with Crippen LogP contribution < -0.4 is 5.01 Å². The second-order valence-electron chi connectivity index (χ2n) is 3.71. The quantitative estimate of drug-likeness (QED) is 0.790. The Balaban J connectivity index is 2.06. The average molecular weight is 226 g/mol. The molecule has 0 saturated heterocycles. The Morgan fingerprint density at radius 2 is 2.00 bits per heavy atom. The molecule has 1 aliphatic heterocycles. The van der Waals surface area contributed by atoms with Crippen molar-refractivity contribution in [2.75, 3.05) is 5.01 Å². The van der Waals surface area contributed by atoms with Crippen LogP contribution in [0.3, 0.4) is 0 Å². The highest BCUT2D eigenvalue weighted by Gasteiger charge is 2.23. The first kappa shape index (κ1) is 9.84. The van der Waals surface area contributed by atoms with Crippen molar-refractivity contribution in [2.45, 2.75) is 6.42 Å². The molecule has 4 nitrogen and oxygen atoms in total. The summed E-state index contributed by atoms with van der Waals surface area (Å²) in [6, 6.07) is 11.4. The monoisotopic (exact) mass is 226 g/mol. The van der Waals surface area contributed by atoms with Crippen LogP contribution in [-0.2, 0) is 4.79 Å². The van der Waals surface area contributed by atoms with Crippen LogP contribution in [0.4, 0.5) is 5.69 Å². The zero-order valence-corrected chi connectivity index (χ0v) is 9.04. The maximum absolute atomic E-state index is 11.6. The molecular formula is C13H10N2O2. The molecule has 0 radical (unpaired) electrons. The van der Waals surface area contributed by atoms with Crippen molar-refractivity contribution in [1.29, 1.82) is 0 Å². The van der Waals surface area contributed by atoms with Gasteiger partial charge >= 0.3 is 0 Å². The summed E-state index contributed by atoms with van der Waals surface area (Å²) in [5.41, 5.74) is 1.62. The molecule has 4 heteroatoms. The van der Waals surface area contributed by atoms with Crippen LogP contribution in [-0.4, -0.2) is 12.1 Å². The lowest BCUT2D eigenvalue weighted by atomic mass is 10.1. The smallest absolute Gasteiger partial charge is 0.252 e. The Kier molecular flexibility index (Phi) is 2.26. The molecule has 84 valence electrons. The number of amides is 1. The van der Waals surface area contributed by atoms with Gasteiger partial charge in [-0.05, 0) is 0 Å². The number of hydrogen-bond acceptors (Lipinski definition) is 3. The average Bonchev–Trinajstić information content (AvgIpc) is 2.98. The van der Waals surface area contributed by atoms with E-state index in [2.05, 4.69) is 5.10 Å². The van der Waals surface area contributed by atoms with E-state index < -0.39 is 0 Å². The second-order valence-corrected chi connectivity index (χ2v) is 3.71. The van der Waals surface area contributed by atoms with Gasteiger partial charge in [-0.3, -0.25) is 4.79 Å². The van der Waals surface area contributed by atoms with E-state index in [9.17, 15) is 4.79 Å². The fourth-order valence-corrected chi connectivity index (χ4v) is 1.82. The predicted octanol–water partition coefficient (Wildman–Crippen LogP) is 2.67. The molecule has 0 spiro atoms. The van der Waals surface area contributed by atoms with Gasteiger partial charge in [-0.15, -0.1) is 0 Å². The van der Waals surface area contributed by atoms with E-state index in [1.54, 1.807) is 18.5 Å². The molecular weight excluding hydrogens is 216 g/mol. The summed E-state index contributed by atoms with van der Waals surface area (Å²) in [5.74, 6) is 0.626. The lowest BCUT2D eigenvalue weighted by molar-refractivity contribution is -0.116. The molecule has 1 amide bonds. The lowest BCUT2D eigenvalue weighted by Crippen LogP contribution is -2.19. The molecule has 2 heterocycles. The highest BCUT2D eigenvalue weighted by atomic mass is 16.3. The van der Waals surface area contributed by atoms with Crippen LogP contribution in [0.5, 0.6) is 0 Å². The van der Waals surface area contributed by atoms with Crippen LogP contribution >= 0.6 is 0 Å². The lowest BCUT2D eigenvalue weighted by Gasteiger charge is -2.11. The number of hydrazone groups is 1. The Morgan fingerprint density at radius 3 is 2.71 bits per heavy atom. The van der Waals surface area contributed by atoms with E-state index in [1.807, 2.05) is 30.3 Å². The van der Waals surface area contributed by atoms with E-state index in [1.165, 1.54) is 5.01 Å². The highest BCUT2D eigenvalue weighted by molar-refractivity contribution is 6.07. The molecule has 0 N–H and O–H groups in total. The second kappa shape index (κ2) is 3.90. The molecule has 3 rings (SSSR count). The number of benzene rings is 1. The minimum Gasteiger partial charge on any atom is -0.462 e. The first-order chi connectivity index (χ1) is 8.36. The summed E-state index contributed by atoms with van der Waals surface area (Å²) in [4.78, 5) is 11.6. The van der Waals surface area contributed by atoms with Gasteiger partial charge in [0.15, 0.2) is 5.76 Å². The van der Waals surface area contributed by atoms with Gasteiger partial charge in [0.2, 0.25) is 0 Å². The zero-order valence-electron chi connectivity index (χ0n) is 9.04. The molecule has 2 aromatic rings. The molecule has 0 bridgehead atoms. The van der Waals surface area contributed by atoms with Crippen LogP contribution in [0.2, 0.25) is 0 Å². The van der Waals surface area contributed by atoms with Crippen molar-refractivity contribution >= 4 is 17.8 Å². The van der Waals surface area contributed by atoms with Crippen molar-refractivity contribution in [3.8, 4) is 11.3 Å². The summed E-state index contributed by atoms with van der Waals surface area (Å²) >= 11 is 0. The number of anilines is 1. The van der Waals surface area contributed by atoms with Crippen molar-refractivity contribution in [3.63, 3.8) is 0 Å². The minimum atomic E-state index is -0.0384. The van der Waals surface area contributed by atoms with Gasteiger partial charge in [-0.1, -0.05) is 30.3 Å². The third kappa shape index (κ3) is 1.63. The van der Waals surface area contributed by atoms with Gasteiger partial charge in [-0.2, -0.15) is 10.1 Å².